The number of aryl methyl sites for hydroxylation is 1. The molecule has 10 nitrogen and oxygen atoms in total. The van der Waals surface area contributed by atoms with Crippen LogP contribution in [0.5, 0.6) is 5.75 Å². The number of carbonyl (C=O) groups excluding carboxylic acids is 2. The molecule has 0 aliphatic carbocycles. The topological polar surface area (TPSA) is 135 Å². The molecule has 1 aliphatic rings. The molecule has 2 amide bonds. The summed E-state index contributed by atoms with van der Waals surface area (Å²) in [4.78, 5) is 27.1. The number of aliphatic hydroxyl groups is 1. The van der Waals surface area contributed by atoms with E-state index in [1.54, 1.807) is 14.2 Å². The molecule has 5 N–H and O–H groups in total. The van der Waals surface area contributed by atoms with Crippen LogP contribution in [0.1, 0.15) is 70.9 Å². The normalized spacial score (nSPS) is 16.8. The van der Waals surface area contributed by atoms with Crippen LogP contribution in [0.25, 0.3) is 0 Å². The van der Waals surface area contributed by atoms with Crippen LogP contribution in [0.2, 0.25) is 0 Å². The van der Waals surface area contributed by atoms with Gasteiger partial charge in [0, 0.05) is 71.7 Å². The van der Waals surface area contributed by atoms with Crippen molar-refractivity contribution in [2.75, 3.05) is 66.8 Å². The summed E-state index contributed by atoms with van der Waals surface area (Å²) in [7, 11) is 3.34. The molecule has 1 aromatic rings. The standard InChI is InChI=1S/C35H62N4O6/c1-25(2)29(21-27-11-12-28(9-7-10-34(41)37-5)33(22-27)45-18-8-17-43-6)23-31(36)32(40)24-30(26(3)4)35(42)38-13-14-39-15-19-44-20-16-39/h11-12,22,25-26,29-32,40H,7-10,13-21,23-24,36H2,1-6H3,(H,37,41)(H,38,42)/t29-,30-,31-,32-/m0/s1. The summed E-state index contributed by atoms with van der Waals surface area (Å²) < 4.78 is 16.8. The SMILES string of the molecule is CNC(=O)CCCc1ccc(C[C@@H](C[C@H](N)[C@@H](O)C[C@H](C(=O)NCCN2CCOCC2)C(C)C)C(C)C)cc1OCCCOC. The summed E-state index contributed by atoms with van der Waals surface area (Å²) in [6.45, 7) is 14.3. The molecular formula is C35H62N4O6. The molecule has 0 bridgehead atoms. The average Bonchev–Trinajstić information content (AvgIpc) is 3.02. The van der Waals surface area contributed by atoms with Crippen molar-refractivity contribution in [3.63, 3.8) is 0 Å². The van der Waals surface area contributed by atoms with Crippen molar-refractivity contribution in [2.45, 2.75) is 84.8 Å². The van der Waals surface area contributed by atoms with Gasteiger partial charge in [0.05, 0.1) is 25.9 Å². The molecule has 0 unspecified atom stereocenters. The summed E-state index contributed by atoms with van der Waals surface area (Å²) in [5, 5.41) is 17.0. The lowest BCUT2D eigenvalue weighted by Gasteiger charge is -2.30. The Kier molecular flexibility index (Phi) is 18.6. The summed E-state index contributed by atoms with van der Waals surface area (Å²) in [6.07, 6.45) is 3.81. The zero-order chi connectivity index (χ0) is 33.2. The second-order valence-corrected chi connectivity index (χ2v) is 13.2. The number of carbonyl (C=O) groups is 2. The van der Waals surface area contributed by atoms with Gasteiger partial charge < -0.3 is 35.7 Å². The molecule has 0 spiro atoms. The van der Waals surface area contributed by atoms with E-state index in [1.165, 1.54) is 0 Å². The molecule has 0 aromatic heterocycles. The van der Waals surface area contributed by atoms with E-state index in [-0.39, 0.29) is 29.6 Å². The maximum atomic E-state index is 13.1. The average molecular weight is 635 g/mol. The Bertz CT molecular complexity index is 985. The molecule has 10 heteroatoms. The van der Waals surface area contributed by atoms with E-state index in [1.807, 2.05) is 13.8 Å². The van der Waals surface area contributed by atoms with Crippen molar-refractivity contribution in [1.29, 1.82) is 0 Å². The third kappa shape index (κ3) is 14.8. The molecule has 1 fully saturated rings. The van der Waals surface area contributed by atoms with Crippen LogP contribution in [-0.2, 0) is 31.9 Å². The number of amides is 2. The second-order valence-electron chi connectivity index (χ2n) is 13.2. The number of nitrogens with one attached hydrogen (secondary N) is 2. The van der Waals surface area contributed by atoms with Crippen LogP contribution in [0.15, 0.2) is 18.2 Å². The van der Waals surface area contributed by atoms with Gasteiger partial charge in [-0.3, -0.25) is 14.5 Å². The van der Waals surface area contributed by atoms with Gasteiger partial charge in [-0.1, -0.05) is 39.8 Å². The third-order valence-corrected chi connectivity index (χ3v) is 8.99. The lowest BCUT2D eigenvalue weighted by Crippen LogP contribution is -2.45. The van der Waals surface area contributed by atoms with Crippen LogP contribution in [0.3, 0.4) is 0 Å². The first-order chi connectivity index (χ1) is 21.5. The van der Waals surface area contributed by atoms with Gasteiger partial charge in [-0.15, -0.1) is 0 Å². The minimum absolute atomic E-state index is 0.0154. The minimum Gasteiger partial charge on any atom is -0.493 e. The first-order valence-corrected chi connectivity index (χ1v) is 17.0. The maximum Gasteiger partial charge on any atom is 0.223 e. The summed E-state index contributed by atoms with van der Waals surface area (Å²) in [5.74, 6) is 1.26. The molecule has 0 radical (unpaired) electrons. The monoisotopic (exact) mass is 634 g/mol. The predicted molar refractivity (Wildman–Crippen MR) is 179 cm³/mol. The Balaban J connectivity index is 2.00. The predicted octanol–water partition coefficient (Wildman–Crippen LogP) is 3.17. The first kappa shape index (κ1) is 38.9. The van der Waals surface area contributed by atoms with Crippen LogP contribution in [0.4, 0.5) is 0 Å². The second kappa shape index (κ2) is 21.5. The van der Waals surface area contributed by atoms with Gasteiger partial charge in [-0.25, -0.2) is 0 Å². The zero-order valence-corrected chi connectivity index (χ0v) is 28.8. The number of hydrogen-bond donors (Lipinski definition) is 4. The highest BCUT2D eigenvalue weighted by atomic mass is 16.5. The van der Waals surface area contributed by atoms with E-state index in [0.717, 1.165) is 75.4 Å². The zero-order valence-electron chi connectivity index (χ0n) is 28.8. The lowest BCUT2D eigenvalue weighted by atomic mass is 9.80. The van der Waals surface area contributed by atoms with Crippen molar-refractivity contribution in [3.8, 4) is 5.75 Å². The van der Waals surface area contributed by atoms with E-state index in [2.05, 4.69) is 47.6 Å². The smallest absolute Gasteiger partial charge is 0.223 e. The molecule has 258 valence electrons. The molecule has 4 atom stereocenters. The molecular weight excluding hydrogens is 572 g/mol. The number of rotatable bonds is 22. The van der Waals surface area contributed by atoms with Crippen molar-refractivity contribution in [1.82, 2.24) is 15.5 Å². The van der Waals surface area contributed by atoms with E-state index in [0.29, 0.717) is 44.9 Å². The Morgan fingerprint density at radius 2 is 1.80 bits per heavy atom. The number of nitrogens with zero attached hydrogens (tertiary/aromatic N) is 1. The number of nitrogens with two attached hydrogens (primary N) is 1. The van der Waals surface area contributed by atoms with Crippen molar-refractivity contribution in [2.24, 2.45) is 29.4 Å². The highest BCUT2D eigenvalue weighted by molar-refractivity contribution is 5.79. The van der Waals surface area contributed by atoms with Crippen LogP contribution < -0.4 is 21.1 Å². The Morgan fingerprint density at radius 3 is 2.44 bits per heavy atom. The number of benzene rings is 1. The number of hydrogen-bond acceptors (Lipinski definition) is 8. The summed E-state index contributed by atoms with van der Waals surface area (Å²) in [5.41, 5.74) is 8.88. The van der Waals surface area contributed by atoms with Gasteiger partial charge in [0.2, 0.25) is 11.8 Å². The Hall–Kier alpha value is -2.24. The first-order valence-electron chi connectivity index (χ1n) is 17.0. The Labute approximate surface area is 272 Å². The van der Waals surface area contributed by atoms with Gasteiger partial charge in [0.15, 0.2) is 0 Å². The van der Waals surface area contributed by atoms with Crippen molar-refractivity contribution in [3.05, 3.63) is 29.3 Å². The molecule has 45 heavy (non-hydrogen) atoms. The van der Waals surface area contributed by atoms with E-state index in [9.17, 15) is 14.7 Å². The van der Waals surface area contributed by atoms with Crippen molar-refractivity contribution >= 4 is 11.8 Å². The molecule has 1 aromatic carbocycles. The number of morpholine rings is 1. The van der Waals surface area contributed by atoms with Gasteiger partial charge in [-0.05, 0) is 67.1 Å². The summed E-state index contributed by atoms with van der Waals surface area (Å²) >= 11 is 0. The highest BCUT2D eigenvalue weighted by Gasteiger charge is 2.30. The maximum absolute atomic E-state index is 13.1. The number of methoxy groups -OCH3 is 1. The number of ether oxygens (including phenoxy) is 3. The van der Waals surface area contributed by atoms with Crippen LogP contribution >= 0.6 is 0 Å². The lowest BCUT2D eigenvalue weighted by molar-refractivity contribution is -0.127. The minimum atomic E-state index is -0.772. The molecule has 0 saturated carbocycles. The highest BCUT2D eigenvalue weighted by Crippen LogP contribution is 2.29. The van der Waals surface area contributed by atoms with Gasteiger partial charge in [0.25, 0.3) is 0 Å². The van der Waals surface area contributed by atoms with Gasteiger partial charge in [0.1, 0.15) is 5.75 Å². The van der Waals surface area contributed by atoms with E-state index >= 15 is 0 Å². The van der Waals surface area contributed by atoms with Gasteiger partial charge in [-0.2, -0.15) is 0 Å². The van der Waals surface area contributed by atoms with E-state index in [4.69, 9.17) is 19.9 Å². The molecule has 1 aliphatic heterocycles. The van der Waals surface area contributed by atoms with Crippen LogP contribution in [-0.4, -0.2) is 101 Å². The fraction of sp³-hybridized carbons (Fsp3) is 0.771. The van der Waals surface area contributed by atoms with Crippen LogP contribution in [0, 0.1) is 23.7 Å². The fourth-order valence-corrected chi connectivity index (χ4v) is 5.83. The molecule has 1 heterocycles. The summed E-state index contributed by atoms with van der Waals surface area (Å²) in [6, 6.07) is 5.94. The fourth-order valence-electron chi connectivity index (χ4n) is 5.83. The van der Waals surface area contributed by atoms with Crippen molar-refractivity contribution < 1.29 is 28.9 Å². The Morgan fingerprint density at radius 1 is 1.07 bits per heavy atom. The number of aliphatic hydroxyl groups excluding tert-OH is 1. The molecule has 2 rings (SSSR count). The molecule has 1 saturated heterocycles. The third-order valence-electron chi connectivity index (χ3n) is 8.99. The largest absolute Gasteiger partial charge is 0.493 e. The quantitative estimate of drug-likeness (QED) is 0.143. The van der Waals surface area contributed by atoms with E-state index < -0.39 is 12.1 Å². The van der Waals surface area contributed by atoms with Gasteiger partial charge >= 0.3 is 0 Å².